The summed E-state index contributed by atoms with van der Waals surface area (Å²) in [6, 6.07) is 8.13. The van der Waals surface area contributed by atoms with Crippen LogP contribution in [0.5, 0.6) is 5.88 Å². The molecule has 3 rings (SSSR count). The molecule has 2 aromatic heterocycles. The molecule has 126 valence electrons. The van der Waals surface area contributed by atoms with Gasteiger partial charge in [-0.05, 0) is 55.7 Å². The van der Waals surface area contributed by atoms with Crippen molar-refractivity contribution in [2.45, 2.75) is 44.8 Å². The molecule has 0 radical (unpaired) electrons. The maximum absolute atomic E-state index is 12.0. The predicted molar refractivity (Wildman–Crippen MR) is 97.1 cm³/mol. The van der Waals surface area contributed by atoms with E-state index in [2.05, 4.69) is 10.3 Å². The number of hydrogen-bond donors (Lipinski definition) is 1. The molecular weight excluding hydrogens is 320 g/mol. The highest BCUT2D eigenvalue weighted by Crippen LogP contribution is 2.23. The molecule has 0 spiro atoms. The lowest BCUT2D eigenvalue weighted by molar-refractivity contribution is -0.117. The second kappa shape index (κ2) is 8.11. The maximum Gasteiger partial charge on any atom is 0.244 e. The number of hydrogen-bond acceptors (Lipinski definition) is 4. The second-order valence-electron chi connectivity index (χ2n) is 6.12. The Morgan fingerprint density at radius 3 is 2.79 bits per heavy atom. The van der Waals surface area contributed by atoms with Crippen LogP contribution in [0.1, 0.15) is 36.1 Å². The number of ether oxygens (including phenoxy) is 1. The van der Waals surface area contributed by atoms with Gasteiger partial charge >= 0.3 is 0 Å². The van der Waals surface area contributed by atoms with E-state index in [1.165, 1.54) is 0 Å². The first-order valence-corrected chi connectivity index (χ1v) is 9.18. The van der Waals surface area contributed by atoms with Crippen molar-refractivity contribution in [1.82, 2.24) is 10.3 Å². The third kappa shape index (κ3) is 4.93. The third-order valence-corrected chi connectivity index (χ3v) is 4.97. The van der Waals surface area contributed by atoms with Gasteiger partial charge in [0.15, 0.2) is 0 Å². The average Bonchev–Trinajstić information content (AvgIpc) is 3.10. The number of nitrogens with one attached hydrogen (secondary N) is 1. The van der Waals surface area contributed by atoms with Crippen molar-refractivity contribution in [2.24, 2.45) is 0 Å². The number of carbonyl (C=O) groups excluding carboxylic acids is 1. The van der Waals surface area contributed by atoms with Crippen molar-refractivity contribution in [3.05, 3.63) is 52.4 Å². The maximum atomic E-state index is 12.0. The zero-order valence-electron chi connectivity index (χ0n) is 13.8. The summed E-state index contributed by atoms with van der Waals surface area (Å²) in [5.74, 6) is 0.667. The molecule has 0 aromatic carbocycles. The van der Waals surface area contributed by atoms with Crippen LogP contribution in [-0.4, -0.2) is 23.0 Å². The quantitative estimate of drug-likeness (QED) is 0.837. The minimum absolute atomic E-state index is 0.0204. The fourth-order valence-corrected chi connectivity index (χ4v) is 3.43. The van der Waals surface area contributed by atoms with Gasteiger partial charge in [-0.2, -0.15) is 0 Å². The van der Waals surface area contributed by atoms with Crippen molar-refractivity contribution in [1.29, 1.82) is 0 Å². The van der Waals surface area contributed by atoms with Crippen molar-refractivity contribution < 1.29 is 9.53 Å². The lowest BCUT2D eigenvalue weighted by Crippen LogP contribution is -2.39. The number of nitrogens with zero attached hydrogens (tertiary/aromatic N) is 1. The molecule has 24 heavy (non-hydrogen) atoms. The van der Waals surface area contributed by atoms with E-state index in [4.69, 9.17) is 4.74 Å². The van der Waals surface area contributed by atoms with E-state index < -0.39 is 0 Å². The van der Waals surface area contributed by atoms with Crippen LogP contribution in [0.2, 0.25) is 0 Å². The van der Waals surface area contributed by atoms with Gasteiger partial charge in [-0.15, -0.1) is 11.3 Å². The number of rotatable bonds is 5. The smallest absolute Gasteiger partial charge is 0.244 e. The summed E-state index contributed by atoms with van der Waals surface area (Å²) in [4.78, 5) is 17.4. The van der Waals surface area contributed by atoms with Gasteiger partial charge in [0.25, 0.3) is 0 Å². The Morgan fingerprint density at radius 2 is 2.12 bits per heavy atom. The minimum atomic E-state index is -0.0204. The van der Waals surface area contributed by atoms with E-state index in [1.807, 2.05) is 48.8 Å². The van der Waals surface area contributed by atoms with Gasteiger partial charge in [0.05, 0.1) is 0 Å². The minimum Gasteiger partial charge on any atom is -0.474 e. The number of amides is 1. The fraction of sp³-hybridized carbons (Fsp3) is 0.368. The monoisotopic (exact) mass is 342 g/mol. The predicted octanol–water partition coefficient (Wildman–Crippen LogP) is 3.97. The number of pyridine rings is 1. The van der Waals surface area contributed by atoms with E-state index in [0.29, 0.717) is 5.88 Å². The lowest BCUT2D eigenvalue weighted by atomic mass is 9.93. The van der Waals surface area contributed by atoms with Crippen LogP contribution in [0.25, 0.3) is 6.08 Å². The van der Waals surface area contributed by atoms with Gasteiger partial charge < -0.3 is 10.1 Å². The normalized spacial score (nSPS) is 20.9. The molecule has 0 saturated heterocycles. The standard InChI is InChI=1S/C19H22N2O2S/c1-14-4-11-19(20-13-14)23-16-7-5-15(6-8-16)21-18(22)10-9-17-3-2-12-24-17/h2-4,9-13,15-16H,5-8H2,1H3,(H,21,22)/b10-9+. The van der Waals surface area contributed by atoms with Crippen molar-refractivity contribution in [2.75, 3.05) is 0 Å². The molecule has 1 fully saturated rings. The summed E-state index contributed by atoms with van der Waals surface area (Å²) in [5.41, 5.74) is 1.13. The second-order valence-corrected chi connectivity index (χ2v) is 7.10. The van der Waals surface area contributed by atoms with Gasteiger partial charge in [-0.25, -0.2) is 4.98 Å². The number of aromatic nitrogens is 1. The molecule has 1 aliphatic carbocycles. The summed E-state index contributed by atoms with van der Waals surface area (Å²) >= 11 is 1.62. The Balaban J connectivity index is 1.41. The Labute approximate surface area is 146 Å². The first kappa shape index (κ1) is 16.7. The lowest BCUT2D eigenvalue weighted by Gasteiger charge is -2.28. The average molecular weight is 342 g/mol. The summed E-state index contributed by atoms with van der Waals surface area (Å²) in [5, 5.41) is 5.08. The van der Waals surface area contributed by atoms with Crippen molar-refractivity contribution in [3.63, 3.8) is 0 Å². The van der Waals surface area contributed by atoms with Crippen LogP contribution in [0.3, 0.4) is 0 Å². The SMILES string of the molecule is Cc1ccc(OC2CCC(NC(=O)/C=C/c3cccs3)CC2)nc1. The van der Waals surface area contributed by atoms with E-state index in [1.54, 1.807) is 17.4 Å². The van der Waals surface area contributed by atoms with Crippen LogP contribution in [0.15, 0.2) is 41.9 Å². The summed E-state index contributed by atoms with van der Waals surface area (Å²) < 4.78 is 5.92. The Morgan fingerprint density at radius 1 is 1.29 bits per heavy atom. The molecule has 2 aromatic rings. The van der Waals surface area contributed by atoms with E-state index in [0.717, 1.165) is 36.1 Å². The molecule has 4 nitrogen and oxygen atoms in total. The van der Waals surface area contributed by atoms with Crippen molar-refractivity contribution >= 4 is 23.3 Å². The molecule has 0 atom stereocenters. The number of carbonyl (C=O) groups is 1. The number of aryl methyl sites for hydroxylation is 1. The van der Waals surface area contributed by atoms with Crippen LogP contribution < -0.4 is 10.1 Å². The Kier molecular flexibility index (Phi) is 5.64. The molecule has 5 heteroatoms. The van der Waals surface area contributed by atoms with Gasteiger partial charge in [-0.1, -0.05) is 12.1 Å². The van der Waals surface area contributed by atoms with Crippen LogP contribution in [0, 0.1) is 6.92 Å². The van der Waals surface area contributed by atoms with Gasteiger partial charge in [0.2, 0.25) is 11.8 Å². The van der Waals surface area contributed by atoms with E-state index in [9.17, 15) is 4.79 Å². The van der Waals surface area contributed by atoms with E-state index >= 15 is 0 Å². The first-order valence-electron chi connectivity index (χ1n) is 8.30. The van der Waals surface area contributed by atoms with Gasteiger partial charge in [0.1, 0.15) is 6.10 Å². The largest absolute Gasteiger partial charge is 0.474 e. The molecule has 1 N–H and O–H groups in total. The summed E-state index contributed by atoms with van der Waals surface area (Å²) in [7, 11) is 0. The highest BCUT2D eigenvalue weighted by Gasteiger charge is 2.23. The summed E-state index contributed by atoms with van der Waals surface area (Å²) in [6.45, 7) is 2.01. The van der Waals surface area contributed by atoms with Gasteiger partial charge in [0, 0.05) is 29.3 Å². The topological polar surface area (TPSA) is 51.2 Å². The molecule has 0 unspecified atom stereocenters. The molecule has 0 aliphatic heterocycles. The first-order chi connectivity index (χ1) is 11.7. The Hall–Kier alpha value is -2.14. The molecule has 1 saturated carbocycles. The third-order valence-electron chi connectivity index (χ3n) is 4.13. The fourth-order valence-electron chi connectivity index (χ4n) is 2.81. The Bertz CT molecular complexity index is 672. The summed E-state index contributed by atoms with van der Waals surface area (Å²) in [6.07, 6.45) is 9.24. The van der Waals surface area contributed by atoms with Gasteiger partial charge in [-0.3, -0.25) is 4.79 Å². The van der Waals surface area contributed by atoms with Crippen LogP contribution >= 0.6 is 11.3 Å². The zero-order chi connectivity index (χ0) is 16.8. The molecular formula is C19H22N2O2S. The molecule has 2 heterocycles. The molecule has 0 bridgehead atoms. The highest BCUT2D eigenvalue weighted by molar-refractivity contribution is 7.10. The van der Waals surface area contributed by atoms with Crippen LogP contribution in [0.4, 0.5) is 0 Å². The van der Waals surface area contributed by atoms with E-state index in [-0.39, 0.29) is 18.1 Å². The van der Waals surface area contributed by atoms with Crippen molar-refractivity contribution in [3.8, 4) is 5.88 Å². The molecule has 1 amide bonds. The van der Waals surface area contributed by atoms with Crippen LogP contribution in [-0.2, 0) is 4.79 Å². The highest BCUT2D eigenvalue weighted by atomic mass is 32.1. The molecule has 1 aliphatic rings. The zero-order valence-corrected chi connectivity index (χ0v) is 14.6. The number of thiophene rings is 1.